The first kappa shape index (κ1) is 26.3. The molecule has 1 saturated carbocycles. The summed E-state index contributed by atoms with van der Waals surface area (Å²) in [5.74, 6) is -2.15. The van der Waals surface area contributed by atoms with Gasteiger partial charge in [0.25, 0.3) is 5.91 Å². The van der Waals surface area contributed by atoms with Gasteiger partial charge in [-0.15, -0.1) is 23.2 Å². The number of amides is 2. The van der Waals surface area contributed by atoms with E-state index in [1.165, 1.54) is 12.1 Å². The highest BCUT2D eigenvalue weighted by molar-refractivity contribution is 7.84. The molecule has 11 heteroatoms. The van der Waals surface area contributed by atoms with Gasteiger partial charge in [0.1, 0.15) is 4.33 Å². The molecule has 1 aliphatic carbocycles. The lowest BCUT2D eigenvalue weighted by molar-refractivity contribution is -0.117. The van der Waals surface area contributed by atoms with E-state index >= 15 is 0 Å². The van der Waals surface area contributed by atoms with E-state index in [4.69, 9.17) is 58.0 Å². The Balaban J connectivity index is 1.49. The molecule has 0 saturated heterocycles. The van der Waals surface area contributed by atoms with Crippen LogP contribution in [0.4, 0.5) is 11.4 Å². The van der Waals surface area contributed by atoms with Crippen molar-refractivity contribution in [3.8, 4) is 0 Å². The molecule has 0 aliphatic heterocycles. The number of carbonyl (C=O) groups is 2. The fourth-order valence-corrected chi connectivity index (χ4v) is 5.84. The van der Waals surface area contributed by atoms with Crippen molar-refractivity contribution in [2.24, 2.45) is 5.92 Å². The van der Waals surface area contributed by atoms with Crippen molar-refractivity contribution in [3.63, 3.8) is 0 Å². The normalized spacial score (nSPS) is 19.0. The molecular formula is C24H17Cl5N2O3S. The van der Waals surface area contributed by atoms with E-state index in [2.05, 4.69) is 10.6 Å². The van der Waals surface area contributed by atoms with Gasteiger partial charge in [0.2, 0.25) is 5.91 Å². The van der Waals surface area contributed by atoms with Crippen LogP contribution in [0.25, 0.3) is 0 Å². The van der Waals surface area contributed by atoms with E-state index in [9.17, 15) is 13.8 Å². The van der Waals surface area contributed by atoms with Gasteiger partial charge in [0.05, 0.1) is 16.5 Å². The second-order valence-electron chi connectivity index (χ2n) is 7.95. The Morgan fingerprint density at radius 1 is 0.857 bits per heavy atom. The second-order valence-corrected chi connectivity index (χ2v) is 12.1. The number of nitrogens with one attached hydrogen (secondary N) is 2. The number of hydrogen-bond acceptors (Lipinski definition) is 3. The summed E-state index contributed by atoms with van der Waals surface area (Å²) in [5, 5.41) is 6.50. The van der Waals surface area contributed by atoms with Crippen molar-refractivity contribution in [2.75, 3.05) is 16.9 Å². The third-order valence-electron chi connectivity index (χ3n) is 5.50. The molecule has 0 bridgehead atoms. The molecule has 2 amide bonds. The van der Waals surface area contributed by atoms with Gasteiger partial charge >= 0.3 is 0 Å². The predicted octanol–water partition coefficient (Wildman–Crippen LogP) is 7.16. The smallest absolute Gasteiger partial charge is 0.257 e. The highest BCUT2D eigenvalue weighted by Gasteiger charge is 2.67. The number of anilines is 2. The summed E-state index contributed by atoms with van der Waals surface area (Å²) in [5.41, 5.74) is 1.66. The average molecular weight is 591 g/mol. The molecule has 0 aromatic heterocycles. The summed E-state index contributed by atoms with van der Waals surface area (Å²) in [4.78, 5) is 26.4. The standard InChI is InChI=1S/C24H17Cl5N2O3S/c1-35(34)17-5-2-15(3-6-17)30-22(32)18-11-16(4-7-19(18)27)31-23(33)21-20(24(21,28)29)12-8-13(25)10-14(26)9-12/h2-11,20-21H,1H3,(H,30,32)(H,31,33)/t20-,21+,35?/m0/s1. The second kappa shape index (κ2) is 10.3. The van der Waals surface area contributed by atoms with Crippen LogP contribution in [-0.4, -0.2) is 26.6 Å². The number of rotatable bonds is 6. The van der Waals surface area contributed by atoms with Crippen LogP contribution in [0, 0.1) is 5.92 Å². The zero-order valence-electron chi connectivity index (χ0n) is 18.0. The van der Waals surface area contributed by atoms with Crippen molar-refractivity contribution in [1.29, 1.82) is 0 Å². The van der Waals surface area contributed by atoms with Crippen LogP contribution >= 0.6 is 58.0 Å². The highest BCUT2D eigenvalue weighted by atomic mass is 35.5. The van der Waals surface area contributed by atoms with Crippen LogP contribution < -0.4 is 10.6 Å². The van der Waals surface area contributed by atoms with Gasteiger partial charge in [-0.1, -0.05) is 34.8 Å². The highest BCUT2D eigenvalue weighted by Crippen LogP contribution is 2.65. The Morgan fingerprint density at radius 2 is 1.46 bits per heavy atom. The predicted molar refractivity (Wildman–Crippen MR) is 144 cm³/mol. The molecule has 1 aliphatic rings. The molecule has 3 atom stereocenters. The Hall–Kier alpha value is -1.80. The van der Waals surface area contributed by atoms with Crippen LogP contribution in [0.15, 0.2) is 65.6 Å². The molecule has 182 valence electrons. The molecule has 0 heterocycles. The molecular weight excluding hydrogens is 574 g/mol. The lowest BCUT2D eigenvalue weighted by Crippen LogP contribution is -2.18. The first-order valence-electron chi connectivity index (χ1n) is 10.2. The Kier molecular flexibility index (Phi) is 7.72. The Bertz CT molecular complexity index is 1330. The third-order valence-corrected chi connectivity index (χ3v) is 8.15. The minimum atomic E-state index is -1.33. The van der Waals surface area contributed by atoms with E-state index < -0.39 is 38.8 Å². The van der Waals surface area contributed by atoms with Crippen LogP contribution in [0.3, 0.4) is 0 Å². The number of hydrogen-bond donors (Lipinski definition) is 2. The van der Waals surface area contributed by atoms with Gasteiger partial charge in [0, 0.05) is 49.3 Å². The lowest BCUT2D eigenvalue weighted by Gasteiger charge is -2.11. The summed E-state index contributed by atoms with van der Waals surface area (Å²) < 4.78 is 10.2. The Labute approximate surface area is 229 Å². The van der Waals surface area contributed by atoms with Crippen LogP contribution in [0.5, 0.6) is 0 Å². The van der Waals surface area contributed by atoms with Gasteiger partial charge in [-0.3, -0.25) is 13.8 Å². The molecule has 0 spiro atoms. The van der Waals surface area contributed by atoms with Crippen molar-refractivity contribution < 1.29 is 13.8 Å². The molecule has 1 fully saturated rings. The van der Waals surface area contributed by atoms with E-state index in [1.807, 2.05) is 0 Å². The monoisotopic (exact) mass is 588 g/mol. The van der Waals surface area contributed by atoms with Gasteiger partial charge in [-0.05, 0) is 66.2 Å². The van der Waals surface area contributed by atoms with E-state index in [1.54, 1.807) is 54.8 Å². The molecule has 3 aromatic carbocycles. The van der Waals surface area contributed by atoms with Crippen molar-refractivity contribution in [2.45, 2.75) is 15.1 Å². The zero-order chi connectivity index (χ0) is 25.5. The largest absolute Gasteiger partial charge is 0.326 e. The van der Waals surface area contributed by atoms with Gasteiger partial charge < -0.3 is 10.6 Å². The van der Waals surface area contributed by atoms with Crippen LogP contribution in [0.2, 0.25) is 15.1 Å². The van der Waals surface area contributed by atoms with E-state index in [0.29, 0.717) is 31.9 Å². The molecule has 5 nitrogen and oxygen atoms in total. The maximum Gasteiger partial charge on any atom is 0.257 e. The SMILES string of the molecule is CS(=O)c1ccc(NC(=O)c2cc(NC(=O)[C@H]3[C@H](c4cc(Cl)cc(Cl)c4)C3(Cl)Cl)ccc2Cl)cc1. The molecule has 35 heavy (non-hydrogen) atoms. The van der Waals surface area contributed by atoms with E-state index in [-0.39, 0.29) is 10.6 Å². The number of carbonyl (C=O) groups excluding carboxylic acids is 2. The molecule has 0 radical (unpaired) electrons. The number of alkyl halides is 2. The number of benzene rings is 3. The summed E-state index contributed by atoms with van der Waals surface area (Å²) in [6.45, 7) is 0. The molecule has 1 unspecified atom stereocenters. The molecule has 4 rings (SSSR count). The summed E-state index contributed by atoms with van der Waals surface area (Å²) >= 11 is 31.2. The quantitative estimate of drug-likeness (QED) is 0.299. The molecule has 2 N–H and O–H groups in total. The minimum Gasteiger partial charge on any atom is -0.326 e. The fourth-order valence-electron chi connectivity index (χ4n) is 3.75. The average Bonchev–Trinajstić information content (AvgIpc) is 3.36. The zero-order valence-corrected chi connectivity index (χ0v) is 22.5. The van der Waals surface area contributed by atoms with E-state index in [0.717, 1.165) is 0 Å². The first-order valence-corrected chi connectivity index (χ1v) is 13.6. The van der Waals surface area contributed by atoms with Crippen molar-refractivity contribution in [3.05, 3.63) is 86.9 Å². The van der Waals surface area contributed by atoms with Gasteiger partial charge in [0.15, 0.2) is 0 Å². The van der Waals surface area contributed by atoms with Gasteiger partial charge in [-0.25, -0.2) is 0 Å². The van der Waals surface area contributed by atoms with Crippen LogP contribution in [-0.2, 0) is 15.6 Å². The summed E-state index contributed by atoms with van der Waals surface area (Å²) in [6, 6.07) is 16.1. The topological polar surface area (TPSA) is 75.3 Å². The summed E-state index contributed by atoms with van der Waals surface area (Å²) in [7, 11) is -1.13. The first-order chi connectivity index (χ1) is 16.5. The Morgan fingerprint density at radius 3 is 2.06 bits per heavy atom. The third kappa shape index (κ3) is 5.79. The maximum atomic E-state index is 13.0. The van der Waals surface area contributed by atoms with Crippen LogP contribution in [0.1, 0.15) is 21.8 Å². The number of halogens is 5. The molecule has 3 aromatic rings. The maximum absolute atomic E-state index is 13.0. The summed E-state index contributed by atoms with van der Waals surface area (Å²) in [6.07, 6.45) is 1.57. The van der Waals surface area contributed by atoms with Crippen molar-refractivity contribution in [1.82, 2.24) is 0 Å². The van der Waals surface area contributed by atoms with Crippen molar-refractivity contribution >= 4 is 92.0 Å². The lowest BCUT2D eigenvalue weighted by atomic mass is 10.1. The fraction of sp³-hybridized carbons (Fsp3) is 0.167. The minimum absolute atomic E-state index is 0.157. The van der Waals surface area contributed by atoms with Gasteiger partial charge in [-0.2, -0.15) is 0 Å².